The largest absolute Gasteiger partial charge is 0.311 e. The average molecular weight is 288 g/mol. The first-order chi connectivity index (χ1) is 7.24. The first-order valence-corrected chi connectivity index (χ1v) is 6.48. The lowest BCUT2D eigenvalue weighted by molar-refractivity contribution is 0.505. The molecule has 2 fully saturated rings. The predicted molar refractivity (Wildman–Crippen MR) is 64.3 cm³/mol. The minimum Gasteiger partial charge on any atom is -0.311 e. The summed E-state index contributed by atoms with van der Waals surface area (Å²) in [4.78, 5) is 4.20. The topological polar surface area (TPSA) is 24.9 Å². The molecule has 80 valence electrons. The SMILES string of the molecule is Clc1ncc(C2CC3CCC2N3)cc1Br. The molecule has 0 spiro atoms. The van der Waals surface area contributed by atoms with Crippen molar-refractivity contribution in [2.75, 3.05) is 0 Å². The third-order valence-electron chi connectivity index (χ3n) is 3.55. The Labute approximate surface area is 103 Å². The van der Waals surface area contributed by atoms with E-state index in [1.807, 2.05) is 6.20 Å². The molecule has 2 aliphatic heterocycles. The molecule has 3 atom stereocenters. The van der Waals surface area contributed by atoms with Crippen LogP contribution in [0.2, 0.25) is 5.15 Å². The Bertz CT molecular complexity index is 396. The van der Waals surface area contributed by atoms with E-state index in [-0.39, 0.29) is 0 Å². The number of pyridine rings is 1. The zero-order valence-corrected chi connectivity index (χ0v) is 10.6. The van der Waals surface area contributed by atoms with E-state index in [4.69, 9.17) is 11.6 Å². The predicted octanol–water partition coefficient (Wildman–Crippen LogP) is 3.11. The van der Waals surface area contributed by atoms with Crippen LogP contribution in [-0.4, -0.2) is 17.1 Å². The highest BCUT2D eigenvalue weighted by molar-refractivity contribution is 9.10. The molecule has 0 saturated carbocycles. The van der Waals surface area contributed by atoms with E-state index in [0.717, 1.165) is 10.5 Å². The molecule has 3 unspecified atom stereocenters. The maximum Gasteiger partial charge on any atom is 0.143 e. The normalized spacial score (nSPS) is 33.6. The maximum absolute atomic E-state index is 5.89. The number of halogens is 2. The van der Waals surface area contributed by atoms with E-state index in [2.05, 4.69) is 32.3 Å². The molecule has 2 bridgehead atoms. The summed E-state index contributed by atoms with van der Waals surface area (Å²) in [5, 5.41) is 4.19. The van der Waals surface area contributed by atoms with Gasteiger partial charge in [-0.3, -0.25) is 0 Å². The summed E-state index contributed by atoms with van der Waals surface area (Å²) in [5.41, 5.74) is 1.31. The van der Waals surface area contributed by atoms with Gasteiger partial charge < -0.3 is 5.32 Å². The molecular weight excluding hydrogens is 275 g/mol. The second kappa shape index (κ2) is 3.72. The number of hydrogen-bond acceptors (Lipinski definition) is 2. The van der Waals surface area contributed by atoms with E-state index in [1.54, 1.807) is 0 Å². The summed E-state index contributed by atoms with van der Waals surface area (Å²) in [6, 6.07) is 3.50. The highest BCUT2D eigenvalue weighted by Crippen LogP contribution is 2.40. The molecule has 0 aromatic carbocycles. The molecular formula is C11H12BrClN2. The first kappa shape index (κ1) is 10.1. The van der Waals surface area contributed by atoms with Crippen LogP contribution in [0.25, 0.3) is 0 Å². The lowest BCUT2D eigenvalue weighted by atomic mass is 9.85. The number of fused-ring (bicyclic) bond motifs is 2. The van der Waals surface area contributed by atoms with Crippen LogP contribution in [0.4, 0.5) is 0 Å². The fraction of sp³-hybridized carbons (Fsp3) is 0.545. The molecule has 1 aromatic heterocycles. The Hall–Kier alpha value is -0.120. The van der Waals surface area contributed by atoms with Gasteiger partial charge >= 0.3 is 0 Å². The molecule has 0 amide bonds. The highest BCUT2D eigenvalue weighted by atomic mass is 79.9. The number of aromatic nitrogens is 1. The number of nitrogens with zero attached hydrogens (tertiary/aromatic N) is 1. The third kappa shape index (κ3) is 1.71. The molecule has 0 aliphatic carbocycles. The van der Waals surface area contributed by atoms with Crippen molar-refractivity contribution in [3.8, 4) is 0 Å². The average Bonchev–Trinajstić information content (AvgIpc) is 2.83. The summed E-state index contributed by atoms with van der Waals surface area (Å²) in [7, 11) is 0. The van der Waals surface area contributed by atoms with Crippen LogP contribution in [0.5, 0.6) is 0 Å². The minimum atomic E-state index is 0.551. The third-order valence-corrected chi connectivity index (χ3v) is 4.68. The van der Waals surface area contributed by atoms with E-state index in [9.17, 15) is 0 Å². The molecule has 2 saturated heterocycles. The van der Waals surface area contributed by atoms with Gasteiger partial charge in [-0.1, -0.05) is 11.6 Å². The van der Waals surface area contributed by atoms with Gasteiger partial charge in [-0.25, -0.2) is 4.98 Å². The summed E-state index contributed by atoms with van der Waals surface area (Å²) < 4.78 is 0.907. The fourth-order valence-electron chi connectivity index (χ4n) is 2.83. The Morgan fingerprint density at radius 2 is 2.33 bits per heavy atom. The molecule has 0 radical (unpaired) electrons. The van der Waals surface area contributed by atoms with Crippen molar-refractivity contribution in [3.05, 3.63) is 27.5 Å². The van der Waals surface area contributed by atoms with Gasteiger partial charge in [0.25, 0.3) is 0 Å². The van der Waals surface area contributed by atoms with Crippen molar-refractivity contribution < 1.29 is 0 Å². The van der Waals surface area contributed by atoms with Gasteiger partial charge in [-0.05, 0) is 46.8 Å². The smallest absolute Gasteiger partial charge is 0.143 e. The van der Waals surface area contributed by atoms with Gasteiger partial charge in [0.05, 0.1) is 4.47 Å². The zero-order chi connectivity index (χ0) is 10.4. The molecule has 2 nitrogen and oxygen atoms in total. The van der Waals surface area contributed by atoms with Crippen LogP contribution in [0, 0.1) is 0 Å². The lowest BCUT2D eigenvalue weighted by Gasteiger charge is -2.20. The minimum absolute atomic E-state index is 0.551. The number of hydrogen-bond donors (Lipinski definition) is 1. The van der Waals surface area contributed by atoms with Crippen molar-refractivity contribution >= 4 is 27.5 Å². The molecule has 15 heavy (non-hydrogen) atoms. The van der Waals surface area contributed by atoms with Gasteiger partial charge in [0.1, 0.15) is 5.15 Å². The van der Waals surface area contributed by atoms with E-state index in [0.29, 0.717) is 17.1 Å². The standard InChI is InChI=1S/C11H12BrClN2/c12-9-3-6(5-14-11(9)13)8-4-7-1-2-10(8)15-7/h3,5,7-8,10,15H,1-2,4H2. The van der Waals surface area contributed by atoms with Gasteiger partial charge in [-0.15, -0.1) is 0 Å². The Morgan fingerprint density at radius 1 is 1.47 bits per heavy atom. The van der Waals surface area contributed by atoms with Crippen LogP contribution < -0.4 is 5.32 Å². The molecule has 3 rings (SSSR count). The Kier molecular flexibility index (Phi) is 2.49. The molecule has 4 heteroatoms. The summed E-state index contributed by atoms with van der Waals surface area (Å²) in [6.45, 7) is 0. The maximum atomic E-state index is 5.89. The Balaban J connectivity index is 1.90. The second-order valence-electron chi connectivity index (χ2n) is 4.43. The summed E-state index contributed by atoms with van der Waals surface area (Å²) in [6.07, 6.45) is 5.81. The number of nitrogens with one attached hydrogen (secondary N) is 1. The van der Waals surface area contributed by atoms with Crippen LogP contribution in [0.3, 0.4) is 0 Å². The van der Waals surface area contributed by atoms with E-state index < -0.39 is 0 Å². The first-order valence-electron chi connectivity index (χ1n) is 5.31. The van der Waals surface area contributed by atoms with Crippen LogP contribution in [0.15, 0.2) is 16.7 Å². The molecule has 3 heterocycles. The summed E-state index contributed by atoms with van der Waals surface area (Å²) >= 11 is 9.32. The zero-order valence-electron chi connectivity index (χ0n) is 8.21. The molecule has 2 aliphatic rings. The Morgan fingerprint density at radius 3 is 2.93 bits per heavy atom. The van der Waals surface area contributed by atoms with Crippen molar-refractivity contribution in [1.82, 2.24) is 10.3 Å². The quantitative estimate of drug-likeness (QED) is 0.803. The summed E-state index contributed by atoms with van der Waals surface area (Å²) in [5.74, 6) is 0.629. The van der Waals surface area contributed by atoms with Crippen LogP contribution >= 0.6 is 27.5 Å². The molecule has 1 aromatic rings. The fourth-order valence-corrected chi connectivity index (χ4v) is 3.30. The van der Waals surface area contributed by atoms with E-state index in [1.165, 1.54) is 24.8 Å². The molecule has 1 N–H and O–H groups in total. The van der Waals surface area contributed by atoms with Crippen molar-refractivity contribution in [3.63, 3.8) is 0 Å². The van der Waals surface area contributed by atoms with Gasteiger partial charge in [0.15, 0.2) is 0 Å². The second-order valence-corrected chi connectivity index (χ2v) is 5.64. The van der Waals surface area contributed by atoms with Crippen molar-refractivity contribution in [2.24, 2.45) is 0 Å². The van der Waals surface area contributed by atoms with Gasteiger partial charge in [0.2, 0.25) is 0 Å². The van der Waals surface area contributed by atoms with Gasteiger partial charge in [-0.2, -0.15) is 0 Å². The van der Waals surface area contributed by atoms with Crippen molar-refractivity contribution in [2.45, 2.75) is 37.3 Å². The monoisotopic (exact) mass is 286 g/mol. The van der Waals surface area contributed by atoms with Crippen molar-refractivity contribution in [1.29, 1.82) is 0 Å². The highest BCUT2D eigenvalue weighted by Gasteiger charge is 2.39. The van der Waals surface area contributed by atoms with Crippen LogP contribution in [0.1, 0.15) is 30.7 Å². The van der Waals surface area contributed by atoms with E-state index >= 15 is 0 Å². The van der Waals surface area contributed by atoms with Crippen LogP contribution in [-0.2, 0) is 0 Å². The van der Waals surface area contributed by atoms with Gasteiger partial charge in [0, 0.05) is 24.2 Å². The number of rotatable bonds is 1. The lowest BCUT2D eigenvalue weighted by Crippen LogP contribution is -2.21.